The lowest BCUT2D eigenvalue weighted by atomic mass is 9.98. The zero-order valence-corrected chi connectivity index (χ0v) is 10.5. The van der Waals surface area contributed by atoms with Crippen LogP contribution in [0.3, 0.4) is 0 Å². The minimum atomic E-state index is -0.527. The predicted octanol–water partition coefficient (Wildman–Crippen LogP) is 1.42. The van der Waals surface area contributed by atoms with Crippen LogP contribution in [-0.4, -0.2) is 41.8 Å². The first-order valence-corrected chi connectivity index (χ1v) is 6.09. The average molecular weight is 248 g/mol. The molecule has 1 saturated heterocycles. The fraction of sp³-hybridized carbons (Fsp3) is 0.818. The van der Waals surface area contributed by atoms with Gasteiger partial charge in [0.15, 0.2) is 0 Å². The summed E-state index contributed by atoms with van der Waals surface area (Å²) in [6.45, 7) is 4.94. The number of hydrogen-bond donors (Lipinski definition) is 0. The van der Waals surface area contributed by atoms with Crippen molar-refractivity contribution in [2.75, 3.05) is 19.7 Å². The number of carbonyl (C=O) groups is 2. The van der Waals surface area contributed by atoms with Crippen molar-refractivity contribution in [2.24, 2.45) is 5.92 Å². The van der Waals surface area contributed by atoms with E-state index in [9.17, 15) is 9.59 Å². The van der Waals surface area contributed by atoms with E-state index in [0.717, 1.165) is 12.8 Å². The molecule has 5 heteroatoms. The van der Waals surface area contributed by atoms with Crippen molar-refractivity contribution in [3.8, 4) is 0 Å². The highest BCUT2D eigenvalue weighted by atomic mass is 35.5. The molecule has 1 rings (SSSR count). The van der Waals surface area contributed by atoms with Gasteiger partial charge >= 0.3 is 5.97 Å². The van der Waals surface area contributed by atoms with Gasteiger partial charge < -0.3 is 9.64 Å². The summed E-state index contributed by atoms with van der Waals surface area (Å²) in [7, 11) is 0. The normalized spacial score (nSPS) is 22.7. The second-order valence-corrected chi connectivity index (χ2v) is 4.65. The van der Waals surface area contributed by atoms with Gasteiger partial charge in [-0.2, -0.15) is 0 Å². The molecule has 1 aliphatic heterocycles. The third kappa shape index (κ3) is 3.37. The van der Waals surface area contributed by atoms with E-state index in [4.69, 9.17) is 16.3 Å². The first-order chi connectivity index (χ1) is 7.56. The molecule has 0 spiro atoms. The monoisotopic (exact) mass is 247 g/mol. The summed E-state index contributed by atoms with van der Waals surface area (Å²) in [5.41, 5.74) is 0. The zero-order chi connectivity index (χ0) is 12.1. The second-order valence-electron chi connectivity index (χ2n) is 3.99. The number of halogens is 1. The molecule has 2 atom stereocenters. The lowest BCUT2D eigenvalue weighted by Crippen LogP contribution is -2.45. The quantitative estimate of drug-likeness (QED) is 0.560. The fourth-order valence-corrected chi connectivity index (χ4v) is 2.02. The Morgan fingerprint density at radius 1 is 1.56 bits per heavy atom. The highest BCUT2D eigenvalue weighted by Gasteiger charge is 2.30. The molecule has 4 nitrogen and oxygen atoms in total. The molecule has 0 aromatic heterocycles. The summed E-state index contributed by atoms with van der Waals surface area (Å²) in [4.78, 5) is 24.9. The van der Waals surface area contributed by atoms with Gasteiger partial charge in [-0.1, -0.05) is 0 Å². The van der Waals surface area contributed by atoms with E-state index in [1.807, 2.05) is 0 Å². The Hall–Kier alpha value is -0.770. The third-order valence-electron chi connectivity index (χ3n) is 2.69. The Morgan fingerprint density at radius 2 is 2.25 bits per heavy atom. The molecule has 0 radical (unpaired) electrons. The van der Waals surface area contributed by atoms with Crippen LogP contribution >= 0.6 is 11.6 Å². The number of nitrogens with zero attached hydrogens (tertiary/aromatic N) is 1. The van der Waals surface area contributed by atoms with E-state index in [0.29, 0.717) is 19.7 Å². The summed E-state index contributed by atoms with van der Waals surface area (Å²) in [5.74, 6) is -0.494. The number of esters is 1. The molecule has 0 saturated carbocycles. The second kappa shape index (κ2) is 6.09. The number of hydrogen-bond acceptors (Lipinski definition) is 3. The minimum Gasteiger partial charge on any atom is -0.466 e. The molecule has 1 heterocycles. The van der Waals surface area contributed by atoms with Crippen LogP contribution in [-0.2, 0) is 14.3 Å². The van der Waals surface area contributed by atoms with Crippen molar-refractivity contribution >= 4 is 23.5 Å². The molecule has 0 bridgehead atoms. The maximum atomic E-state index is 11.7. The predicted molar refractivity (Wildman–Crippen MR) is 61.3 cm³/mol. The van der Waals surface area contributed by atoms with Crippen LogP contribution in [0.25, 0.3) is 0 Å². The molecule has 1 amide bonds. The van der Waals surface area contributed by atoms with Gasteiger partial charge in [0.25, 0.3) is 0 Å². The number of likely N-dealkylation sites (tertiary alicyclic amines) is 1. The van der Waals surface area contributed by atoms with Crippen LogP contribution in [0.2, 0.25) is 0 Å². The molecular formula is C11H18ClNO3. The number of piperidine rings is 1. The van der Waals surface area contributed by atoms with Gasteiger partial charge in [0.05, 0.1) is 12.5 Å². The summed E-state index contributed by atoms with van der Waals surface area (Å²) in [6, 6.07) is 0. The Balaban J connectivity index is 2.53. The summed E-state index contributed by atoms with van der Waals surface area (Å²) < 4.78 is 4.96. The van der Waals surface area contributed by atoms with Crippen LogP contribution in [0.1, 0.15) is 26.7 Å². The summed E-state index contributed by atoms with van der Waals surface area (Å²) in [5, 5.41) is -0.527. The van der Waals surface area contributed by atoms with Crippen LogP contribution in [0.4, 0.5) is 0 Å². The van der Waals surface area contributed by atoms with Crippen molar-refractivity contribution < 1.29 is 14.3 Å². The van der Waals surface area contributed by atoms with Crippen LogP contribution in [0.5, 0.6) is 0 Å². The van der Waals surface area contributed by atoms with Crippen molar-refractivity contribution in [3.05, 3.63) is 0 Å². The number of alkyl halides is 1. The average Bonchev–Trinajstić information content (AvgIpc) is 2.28. The van der Waals surface area contributed by atoms with E-state index < -0.39 is 5.38 Å². The maximum Gasteiger partial charge on any atom is 0.310 e. The largest absolute Gasteiger partial charge is 0.466 e. The van der Waals surface area contributed by atoms with Crippen molar-refractivity contribution in [3.63, 3.8) is 0 Å². The van der Waals surface area contributed by atoms with Gasteiger partial charge in [-0.25, -0.2) is 0 Å². The molecule has 0 aromatic carbocycles. The Bertz CT molecular complexity index is 268. The summed E-state index contributed by atoms with van der Waals surface area (Å²) in [6.07, 6.45) is 1.62. The van der Waals surface area contributed by atoms with Gasteiger partial charge in [-0.3, -0.25) is 9.59 Å². The molecule has 0 N–H and O–H groups in total. The molecule has 0 aromatic rings. The molecular weight excluding hydrogens is 230 g/mol. The van der Waals surface area contributed by atoms with Crippen molar-refractivity contribution in [1.29, 1.82) is 0 Å². The van der Waals surface area contributed by atoms with E-state index in [1.165, 1.54) is 0 Å². The van der Waals surface area contributed by atoms with Crippen LogP contribution in [0, 0.1) is 5.92 Å². The van der Waals surface area contributed by atoms with Gasteiger partial charge in [-0.15, -0.1) is 11.6 Å². The maximum absolute atomic E-state index is 11.7. The lowest BCUT2D eigenvalue weighted by Gasteiger charge is -2.32. The standard InChI is InChI=1S/C11H18ClNO3/c1-3-16-11(15)9-5-4-6-13(7-9)10(14)8(2)12/h8-9H,3-7H2,1-2H3. The molecule has 92 valence electrons. The van der Waals surface area contributed by atoms with E-state index in [-0.39, 0.29) is 17.8 Å². The van der Waals surface area contributed by atoms with E-state index in [2.05, 4.69) is 0 Å². The van der Waals surface area contributed by atoms with Gasteiger partial charge in [0, 0.05) is 13.1 Å². The highest BCUT2D eigenvalue weighted by molar-refractivity contribution is 6.30. The van der Waals surface area contributed by atoms with Crippen LogP contribution in [0.15, 0.2) is 0 Å². The number of amides is 1. The molecule has 16 heavy (non-hydrogen) atoms. The van der Waals surface area contributed by atoms with Crippen molar-refractivity contribution in [2.45, 2.75) is 32.1 Å². The van der Waals surface area contributed by atoms with Crippen molar-refractivity contribution in [1.82, 2.24) is 4.90 Å². The highest BCUT2D eigenvalue weighted by Crippen LogP contribution is 2.19. The Kier molecular flexibility index (Phi) is 5.06. The number of carbonyl (C=O) groups excluding carboxylic acids is 2. The number of rotatable bonds is 3. The Morgan fingerprint density at radius 3 is 2.81 bits per heavy atom. The van der Waals surface area contributed by atoms with Crippen LogP contribution < -0.4 is 0 Å². The topological polar surface area (TPSA) is 46.6 Å². The first-order valence-electron chi connectivity index (χ1n) is 5.65. The lowest BCUT2D eigenvalue weighted by molar-refractivity contribution is -0.151. The van der Waals surface area contributed by atoms with Gasteiger partial charge in [0.2, 0.25) is 5.91 Å². The van der Waals surface area contributed by atoms with E-state index in [1.54, 1.807) is 18.7 Å². The minimum absolute atomic E-state index is 0.101. The van der Waals surface area contributed by atoms with Gasteiger partial charge in [0.1, 0.15) is 5.38 Å². The smallest absolute Gasteiger partial charge is 0.310 e. The van der Waals surface area contributed by atoms with Gasteiger partial charge in [-0.05, 0) is 26.7 Å². The SMILES string of the molecule is CCOC(=O)C1CCCN(C(=O)C(C)Cl)C1. The molecule has 1 aliphatic rings. The number of ether oxygens (including phenoxy) is 1. The van der Waals surface area contributed by atoms with E-state index >= 15 is 0 Å². The molecule has 0 aliphatic carbocycles. The molecule has 2 unspecified atom stereocenters. The first kappa shape index (κ1) is 13.3. The Labute approximate surface area is 101 Å². The third-order valence-corrected chi connectivity index (χ3v) is 2.88. The molecule has 1 fully saturated rings. The fourth-order valence-electron chi connectivity index (χ4n) is 1.88. The zero-order valence-electron chi connectivity index (χ0n) is 9.74. The summed E-state index contributed by atoms with van der Waals surface area (Å²) >= 11 is 5.74.